The fourth-order valence-electron chi connectivity index (χ4n) is 6.91. The molecule has 39 heavy (non-hydrogen) atoms. The van der Waals surface area contributed by atoms with Crippen LogP contribution in [0.25, 0.3) is 0 Å². The maximum Gasteiger partial charge on any atom is 0.253 e. The minimum Gasteiger partial charge on any atom is -0.497 e. The van der Waals surface area contributed by atoms with Crippen LogP contribution >= 0.6 is 0 Å². The van der Waals surface area contributed by atoms with Crippen LogP contribution in [-0.2, 0) is 19.1 Å². The zero-order valence-corrected chi connectivity index (χ0v) is 23.0. The second-order valence-corrected chi connectivity index (χ2v) is 10.8. The number of aliphatic hydroxyl groups excluding tert-OH is 1. The molecule has 0 radical (unpaired) electrons. The van der Waals surface area contributed by atoms with Gasteiger partial charge in [-0.25, -0.2) is 0 Å². The van der Waals surface area contributed by atoms with Crippen molar-refractivity contribution in [2.75, 3.05) is 44.8 Å². The fraction of sp³-hybridized carbons (Fsp3) is 0.567. The highest BCUT2D eigenvalue weighted by Crippen LogP contribution is 2.58. The molecule has 1 aromatic carbocycles. The maximum atomic E-state index is 14.4. The molecular formula is C30H39N3O6. The predicted molar refractivity (Wildman–Crippen MR) is 146 cm³/mol. The highest BCUT2D eigenvalue weighted by Gasteiger charge is 2.75. The Hall–Kier alpha value is -3.17. The molecule has 210 valence electrons. The van der Waals surface area contributed by atoms with E-state index in [4.69, 9.17) is 9.47 Å². The van der Waals surface area contributed by atoms with Crippen LogP contribution in [0.15, 0.2) is 48.6 Å². The number of fused-ring (bicyclic) bond motifs is 2. The van der Waals surface area contributed by atoms with Gasteiger partial charge in [0.1, 0.15) is 17.4 Å². The van der Waals surface area contributed by atoms with E-state index in [1.807, 2.05) is 55.2 Å². The van der Waals surface area contributed by atoms with Crippen molar-refractivity contribution in [2.24, 2.45) is 11.8 Å². The molecule has 2 saturated heterocycles. The topological polar surface area (TPSA) is 99.6 Å². The largest absolute Gasteiger partial charge is 0.497 e. The van der Waals surface area contributed by atoms with Gasteiger partial charge in [0.15, 0.2) is 0 Å². The van der Waals surface area contributed by atoms with E-state index in [9.17, 15) is 19.5 Å². The van der Waals surface area contributed by atoms with Gasteiger partial charge in [-0.3, -0.25) is 14.4 Å². The molecule has 4 aliphatic rings. The second kappa shape index (κ2) is 10.8. The number of unbranched alkanes of at least 4 members (excludes halogenated alkanes) is 1. The van der Waals surface area contributed by atoms with Crippen LogP contribution in [0.4, 0.5) is 5.69 Å². The maximum absolute atomic E-state index is 14.4. The van der Waals surface area contributed by atoms with Crippen molar-refractivity contribution in [3.05, 3.63) is 48.6 Å². The first-order valence-corrected chi connectivity index (χ1v) is 14.1. The molecule has 4 heterocycles. The Morgan fingerprint density at radius 3 is 2.36 bits per heavy atom. The monoisotopic (exact) mass is 537 g/mol. The summed E-state index contributed by atoms with van der Waals surface area (Å²) >= 11 is 0. The first kappa shape index (κ1) is 27.4. The molecule has 0 aromatic heterocycles. The Morgan fingerprint density at radius 1 is 0.949 bits per heavy atom. The molecule has 1 unspecified atom stereocenters. The van der Waals surface area contributed by atoms with Gasteiger partial charge in [0.2, 0.25) is 11.8 Å². The molecule has 5 atom stereocenters. The Kier molecular flexibility index (Phi) is 7.57. The highest BCUT2D eigenvalue weighted by molar-refractivity contribution is 6.06. The molecule has 5 rings (SSSR count). The molecule has 0 saturated carbocycles. The van der Waals surface area contributed by atoms with Crippen LogP contribution in [-0.4, -0.2) is 89.8 Å². The molecule has 1 N–H and O–H groups in total. The number of rotatable bonds is 9. The molecular weight excluding hydrogens is 498 g/mol. The van der Waals surface area contributed by atoms with Gasteiger partial charge in [0, 0.05) is 38.5 Å². The van der Waals surface area contributed by atoms with Gasteiger partial charge in [0.05, 0.1) is 24.5 Å². The molecule has 1 aromatic rings. The first-order valence-electron chi connectivity index (χ1n) is 14.1. The zero-order valence-electron chi connectivity index (χ0n) is 23.0. The molecule has 3 amide bonds. The average Bonchev–Trinajstić information content (AvgIpc) is 3.23. The summed E-state index contributed by atoms with van der Waals surface area (Å²) in [7, 11) is 1.59. The van der Waals surface area contributed by atoms with Gasteiger partial charge < -0.3 is 29.3 Å². The van der Waals surface area contributed by atoms with Crippen molar-refractivity contribution < 1.29 is 29.0 Å². The number of likely N-dealkylation sites (tertiary alicyclic amines) is 1. The van der Waals surface area contributed by atoms with Gasteiger partial charge in [0.25, 0.3) is 5.91 Å². The summed E-state index contributed by atoms with van der Waals surface area (Å²) in [5, 5.41) is 9.41. The minimum atomic E-state index is -1.27. The van der Waals surface area contributed by atoms with Crippen molar-refractivity contribution in [3.8, 4) is 5.75 Å². The van der Waals surface area contributed by atoms with E-state index in [1.165, 1.54) is 0 Å². The fourth-order valence-corrected chi connectivity index (χ4v) is 6.91. The number of benzene rings is 1. The molecule has 0 aliphatic carbocycles. The smallest absolute Gasteiger partial charge is 0.253 e. The Balaban J connectivity index is 1.61. The summed E-state index contributed by atoms with van der Waals surface area (Å²) in [6, 6.07) is 6.34. The van der Waals surface area contributed by atoms with Crippen molar-refractivity contribution in [3.63, 3.8) is 0 Å². The second-order valence-electron chi connectivity index (χ2n) is 10.8. The number of anilines is 1. The SMILES string of the molecule is CCCN1CC=C[C@]2(CC)O[C@]34C=CCN(c5ccc(OC)cc5)C(=O)C3N(CCCCO)C(=O)[C@@H]4[C@@H]2C1=O. The molecule has 4 aliphatic heterocycles. The van der Waals surface area contributed by atoms with Crippen molar-refractivity contribution in [1.29, 1.82) is 0 Å². The number of amides is 3. The van der Waals surface area contributed by atoms with Crippen LogP contribution in [0.1, 0.15) is 39.5 Å². The lowest BCUT2D eigenvalue weighted by Gasteiger charge is -2.38. The summed E-state index contributed by atoms with van der Waals surface area (Å²) in [6.45, 7) is 5.69. The van der Waals surface area contributed by atoms with Crippen LogP contribution < -0.4 is 9.64 Å². The standard InChI is InChI=1S/C30H39N3O6/c1-4-16-31-17-8-14-29(5-2)23(26(31)35)24-27(36)33(18-6-7-20-34)25-28(37)32(19-9-15-30(24,25)39-29)21-10-12-22(38-3)13-11-21/h8-15,23-25,34H,4-7,16-20H2,1-3H3/t23-,24+,25?,29+,30+/m1/s1. The van der Waals surface area contributed by atoms with E-state index >= 15 is 0 Å². The van der Waals surface area contributed by atoms with E-state index in [0.717, 1.165) is 6.42 Å². The van der Waals surface area contributed by atoms with Crippen LogP contribution in [0.2, 0.25) is 0 Å². The lowest BCUT2D eigenvalue weighted by molar-refractivity contribution is -0.150. The predicted octanol–water partition coefficient (Wildman–Crippen LogP) is 2.54. The summed E-state index contributed by atoms with van der Waals surface area (Å²) in [5.41, 5.74) is -1.56. The summed E-state index contributed by atoms with van der Waals surface area (Å²) in [5.74, 6) is -1.42. The number of aliphatic hydroxyl groups is 1. The van der Waals surface area contributed by atoms with Crippen molar-refractivity contribution in [2.45, 2.75) is 56.8 Å². The molecule has 0 bridgehead atoms. The number of hydrogen-bond acceptors (Lipinski definition) is 6. The first-order chi connectivity index (χ1) is 18.9. The van der Waals surface area contributed by atoms with E-state index in [0.29, 0.717) is 56.9 Å². The van der Waals surface area contributed by atoms with Gasteiger partial charge in [-0.15, -0.1) is 0 Å². The van der Waals surface area contributed by atoms with E-state index in [-0.39, 0.29) is 24.3 Å². The van der Waals surface area contributed by atoms with E-state index in [1.54, 1.807) is 29.0 Å². The Bertz CT molecular complexity index is 1170. The summed E-state index contributed by atoms with van der Waals surface area (Å²) in [4.78, 5) is 48.0. The van der Waals surface area contributed by atoms with E-state index in [2.05, 4.69) is 0 Å². The third-order valence-corrected chi connectivity index (χ3v) is 8.71. The summed E-state index contributed by atoms with van der Waals surface area (Å²) < 4.78 is 12.3. The number of ether oxygens (including phenoxy) is 2. The van der Waals surface area contributed by atoms with Gasteiger partial charge in [-0.05, 0) is 49.9 Å². The number of nitrogens with zero attached hydrogens (tertiary/aromatic N) is 3. The third-order valence-electron chi connectivity index (χ3n) is 8.71. The molecule has 9 heteroatoms. The Morgan fingerprint density at radius 2 is 1.69 bits per heavy atom. The molecule has 2 fully saturated rings. The zero-order chi connectivity index (χ0) is 27.8. The number of carbonyl (C=O) groups is 3. The van der Waals surface area contributed by atoms with Crippen LogP contribution in [0, 0.1) is 11.8 Å². The van der Waals surface area contributed by atoms with Crippen LogP contribution in [0.3, 0.4) is 0 Å². The number of methoxy groups -OCH3 is 1. The molecule has 1 spiro atoms. The summed E-state index contributed by atoms with van der Waals surface area (Å²) in [6.07, 6.45) is 10.1. The van der Waals surface area contributed by atoms with Crippen molar-refractivity contribution >= 4 is 23.4 Å². The molecule has 9 nitrogen and oxygen atoms in total. The van der Waals surface area contributed by atoms with Crippen LogP contribution in [0.5, 0.6) is 5.75 Å². The highest BCUT2D eigenvalue weighted by atomic mass is 16.5. The number of hydrogen-bond donors (Lipinski definition) is 1. The van der Waals surface area contributed by atoms with Gasteiger partial charge in [-0.2, -0.15) is 0 Å². The lowest BCUT2D eigenvalue weighted by atomic mass is 9.73. The minimum absolute atomic E-state index is 0.000417. The normalized spacial score (nSPS) is 31.7. The lowest BCUT2D eigenvalue weighted by Crippen LogP contribution is -2.56. The Labute approximate surface area is 230 Å². The number of carbonyl (C=O) groups excluding carboxylic acids is 3. The van der Waals surface area contributed by atoms with Crippen molar-refractivity contribution in [1.82, 2.24) is 9.80 Å². The van der Waals surface area contributed by atoms with E-state index < -0.39 is 29.1 Å². The van der Waals surface area contributed by atoms with Gasteiger partial charge >= 0.3 is 0 Å². The van der Waals surface area contributed by atoms with Gasteiger partial charge in [-0.1, -0.05) is 38.2 Å². The third kappa shape index (κ3) is 4.26. The average molecular weight is 538 g/mol. The quantitative estimate of drug-likeness (QED) is 0.384.